The summed E-state index contributed by atoms with van der Waals surface area (Å²) in [6.07, 6.45) is 9.89. The largest absolute Gasteiger partial charge is 0.490 e. The van der Waals surface area contributed by atoms with Gasteiger partial charge in [0.25, 0.3) is 5.91 Å². The Morgan fingerprint density at radius 1 is 1.13 bits per heavy atom. The van der Waals surface area contributed by atoms with Crippen molar-refractivity contribution in [2.75, 3.05) is 24.6 Å². The van der Waals surface area contributed by atoms with Crippen LogP contribution in [0.25, 0.3) is 0 Å². The molecule has 2 aromatic carbocycles. The molecule has 1 fully saturated rings. The molecule has 0 saturated heterocycles. The highest BCUT2D eigenvalue weighted by Crippen LogP contribution is 2.46. The van der Waals surface area contributed by atoms with Gasteiger partial charge >= 0.3 is 5.97 Å². The van der Waals surface area contributed by atoms with Crippen LogP contribution in [0, 0.1) is 17.8 Å². The average molecular weight is 655 g/mol. The maximum Gasteiger partial charge on any atom is 0.303 e. The number of benzene rings is 2. The molecule has 6 atom stereocenters. The number of allylic oxidation sites excluding steroid dienone is 1. The minimum absolute atomic E-state index is 0.129. The molecule has 2 aliphatic carbocycles. The highest BCUT2D eigenvalue weighted by molar-refractivity contribution is 7.90. The maximum atomic E-state index is 13.4. The normalized spacial score (nSPS) is 32.0. The summed E-state index contributed by atoms with van der Waals surface area (Å²) in [4.78, 5) is 27.9. The van der Waals surface area contributed by atoms with E-state index in [9.17, 15) is 18.0 Å². The van der Waals surface area contributed by atoms with Crippen LogP contribution < -0.4 is 14.4 Å². The van der Waals surface area contributed by atoms with Crippen molar-refractivity contribution in [1.82, 2.24) is 4.72 Å². The Hall–Kier alpha value is -3.04. The fourth-order valence-corrected chi connectivity index (χ4v) is 9.10. The number of nitrogens with one attached hydrogen (secondary N) is 1. The first-order valence-electron chi connectivity index (χ1n) is 16.2. The monoisotopic (exact) mass is 654 g/mol. The van der Waals surface area contributed by atoms with Gasteiger partial charge in [-0.15, -0.1) is 0 Å². The van der Waals surface area contributed by atoms with Gasteiger partial charge in [0, 0.05) is 41.9 Å². The standard InChI is InChI=1S/C35H43ClN2O6S/c1-22-7-6-9-32(44-24(3)39)29-13-10-27(29)19-38-20-35(16-5-4-8-25-17-28(36)12-14-30(25)35)21-43-33-15-11-26(18-31(33)38)34(40)37-45(41,42)23(22)2/h6,9,11-12,14-15,17-18,22-23,27,29,32H,4-5,7-8,10,13,16,19-21H2,1-3H3,(H,37,40)/b9-6+/t22-,23+,27-,29+,32-,35-/m0/s1. The molecule has 0 radical (unpaired) electrons. The van der Waals surface area contributed by atoms with Gasteiger partial charge in [-0.05, 0) is 105 Å². The summed E-state index contributed by atoms with van der Waals surface area (Å²) in [7, 11) is -3.96. The van der Waals surface area contributed by atoms with Gasteiger partial charge in [-0.3, -0.25) is 9.59 Å². The van der Waals surface area contributed by atoms with Crippen LogP contribution in [-0.4, -0.2) is 51.3 Å². The molecule has 0 unspecified atom stereocenters. The van der Waals surface area contributed by atoms with Crippen LogP contribution in [-0.2, 0) is 31.4 Å². The van der Waals surface area contributed by atoms with Gasteiger partial charge in [-0.2, -0.15) is 0 Å². The van der Waals surface area contributed by atoms with E-state index < -0.39 is 27.3 Å². The number of aryl methyl sites for hydroxylation is 1. The molecule has 2 aliphatic heterocycles. The molecule has 6 rings (SSSR count). The van der Waals surface area contributed by atoms with Gasteiger partial charge in [0.15, 0.2) is 0 Å². The highest BCUT2D eigenvalue weighted by atomic mass is 35.5. The predicted octanol–water partition coefficient (Wildman–Crippen LogP) is 6.21. The molecule has 1 N–H and O–H groups in total. The lowest BCUT2D eigenvalue weighted by atomic mass is 9.69. The third-order valence-electron chi connectivity index (χ3n) is 10.6. The quantitative estimate of drug-likeness (QED) is 0.288. The first kappa shape index (κ1) is 31.9. The molecule has 242 valence electrons. The number of amides is 1. The molecule has 8 nitrogen and oxygen atoms in total. The Morgan fingerprint density at radius 3 is 2.71 bits per heavy atom. The van der Waals surface area contributed by atoms with Crippen LogP contribution in [0.1, 0.15) is 80.8 Å². The van der Waals surface area contributed by atoms with Gasteiger partial charge in [-0.25, -0.2) is 13.1 Å². The summed E-state index contributed by atoms with van der Waals surface area (Å²) >= 11 is 6.45. The van der Waals surface area contributed by atoms with Gasteiger partial charge in [0.1, 0.15) is 11.9 Å². The first-order chi connectivity index (χ1) is 21.5. The molecule has 1 spiro atoms. The van der Waals surface area contributed by atoms with E-state index in [1.165, 1.54) is 18.1 Å². The lowest BCUT2D eigenvalue weighted by molar-refractivity contribution is -0.149. The third kappa shape index (κ3) is 6.48. The number of rotatable bonds is 1. The minimum Gasteiger partial charge on any atom is -0.490 e. The van der Waals surface area contributed by atoms with Gasteiger partial charge in [0.2, 0.25) is 10.0 Å². The number of carbonyl (C=O) groups is 2. The number of halogens is 1. The molecule has 2 heterocycles. The van der Waals surface area contributed by atoms with Crippen LogP contribution >= 0.6 is 11.6 Å². The van der Waals surface area contributed by atoms with Crippen LogP contribution in [0.2, 0.25) is 5.02 Å². The summed E-state index contributed by atoms with van der Waals surface area (Å²) in [5.41, 5.74) is 3.24. The number of esters is 1. The second-order valence-corrected chi connectivity index (χ2v) is 16.0. The molecule has 10 heteroatoms. The predicted molar refractivity (Wildman–Crippen MR) is 175 cm³/mol. The zero-order chi connectivity index (χ0) is 31.9. The lowest BCUT2D eigenvalue weighted by Crippen LogP contribution is -2.49. The van der Waals surface area contributed by atoms with E-state index in [1.54, 1.807) is 25.1 Å². The second-order valence-electron chi connectivity index (χ2n) is 13.5. The van der Waals surface area contributed by atoms with E-state index >= 15 is 0 Å². The Morgan fingerprint density at radius 2 is 1.96 bits per heavy atom. The number of fused-ring (bicyclic) bond motifs is 4. The van der Waals surface area contributed by atoms with Crippen molar-refractivity contribution in [2.24, 2.45) is 17.8 Å². The van der Waals surface area contributed by atoms with Crippen molar-refractivity contribution in [3.63, 3.8) is 0 Å². The number of nitrogens with zero attached hydrogens (tertiary/aromatic N) is 1. The summed E-state index contributed by atoms with van der Waals surface area (Å²) in [6.45, 7) is 6.74. The maximum absolute atomic E-state index is 13.4. The number of carbonyl (C=O) groups excluding carboxylic acids is 2. The van der Waals surface area contributed by atoms with Crippen molar-refractivity contribution in [1.29, 1.82) is 0 Å². The summed E-state index contributed by atoms with van der Waals surface area (Å²) in [5.74, 6) is -0.198. The first-order valence-corrected chi connectivity index (χ1v) is 18.1. The second kappa shape index (κ2) is 12.6. The van der Waals surface area contributed by atoms with Crippen molar-refractivity contribution >= 4 is 39.2 Å². The van der Waals surface area contributed by atoms with Crippen LogP contribution in [0.5, 0.6) is 5.75 Å². The van der Waals surface area contributed by atoms with Gasteiger partial charge < -0.3 is 14.4 Å². The van der Waals surface area contributed by atoms with E-state index in [2.05, 4.69) is 21.8 Å². The van der Waals surface area contributed by atoms with E-state index in [1.807, 2.05) is 25.1 Å². The topological polar surface area (TPSA) is 102 Å². The highest BCUT2D eigenvalue weighted by Gasteiger charge is 2.44. The average Bonchev–Trinajstić information content (AvgIpc) is 3.24. The molecule has 45 heavy (non-hydrogen) atoms. The van der Waals surface area contributed by atoms with Crippen LogP contribution in [0.3, 0.4) is 0 Å². The SMILES string of the molecule is CC(=O)O[C@H]1/C=C/C[C@H](C)[C@@H](C)S(=O)(=O)NC(=O)c2ccc3c(c2)N(C[C@@H]2CC[C@H]21)C[C@@]1(CCCCc2cc(Cl)ccc21)CO3. The van der Waals surface area contributed by atoms with Crippen molar-refractivity contribution in [3.05, 3.63) is 70.3 Å². The molecular weight excluding hydrogens is 612 g/mol. The molecule has 0 aromatic heterocycles. The van der Waals surface area contributed by atoms with E-state index in [4.69, 9.17) is 21.1 Å². The summed E-state index contributed by atoms with van der Waals surface area (Å²) in [5, 5.41) is -0.0863. The van der Waals surface area contributed by atoms with Crippen LogP contribution in [0.4, 0.5) is 5.69 Å². The molecule has 1 amide bonds. The van der Waals surface area contributed by atoms with E-state index in [-0.39, 0.29) is 34.7 Å². The summed E-state index contributed by atoms with van der Waals surface area (Å²) in [6, 6.07) is 11.4. The number of hydrogen-bond acceptors (Lipinski definition) is 7. The number of ether oxygens (including phenoxy) is 2. The minimum atomic E-state index is -3.96. The smallest absolute Gasteiger partial charge is 0.303 e. The molecule has 4 aliphatic rings. The molecule has 2 aromatic rings. The Balaban J connectivity index is 1.44. The number of anilines is 1. The number of sulfonamides is 1. The van der Waals surface area contributed by atoms with Crippen molar-refractivity contribution < 1.29 is 27.5 Å². The van der Waals surface area contributed by atoms with Crippen molar-refractivity contribution in [2.45, 2.75) is 82.5 Å². The fourth-order valence-electron chi connectivity index (χ4n) is 7.62. The molecular formula is C35H43ClN2O6S. The third-order valence-corrected chi connectivity index (χ3v) is 12.7. The van der Waals surface area contributed by atoms with E-state index in [0.717, 1.165) is 49.2 Å². The van der Waals surface area contributed by atoms with E-state index in [0.29, 0.717) is 31.9 Å². The van der Waals surface area contributed by atoms with Gasteiger partial charge in [-0.1, -0.05) is 37.1 Å². The zero-order valence-corrected chi connectivity index (χ0v) is 27.8. The lowest BCUT2D eigenvalue weighted by Gasteiger charge is -2.45. The Kier molecular flexibility index (Phi) is 8.96. The summed E-state index contributed by atoms with van der Waals surface area (Å²) < 4.78 is 41.3. The Bertz CT molecular complexity index is 1610. The Labute approximate surface area is 271 Å². The zero-order valence-electron chi connectivity index (χ0n) is 26.3. The van der Waals surface area contributed by atoms with Crippen LogP contribution in [0.15, 0.2) is 48.6 Å². The number of hydrogen-bond donors (Lipinski definition) is 1. The van der Waals surface area contributed by atoms with Gasteiger partial charge in [0.05, 0.1) is 17.5 Å². The molecule has 1 saturated carbocycles. The van der Waals surface area contributed by atoms with Crippen molar-refractivity contribution in [3.8, 4) is 5.75 Å². The molecule has 2 bridgehead atoms. The fraction of sp³-hybridized carbons (Fsp3) is 0.543.